The molecule has 0 spiro atoms. The Morgan fingerprint density at radius 2 is 1.68 bits per heavy atom. The molecular formula is C30H28N2O6. The molecule has 1 aliphatic rings. The molecule has 0 bridgehead atoms. The van der Waals surface area contributed by atoms with Crippen molar-refractivity contribution in [3.05, 3.63) is 96.3 Å². The third kappa shape index (κ3) is 5.20. The van der Waals surface area contributed by atoms with E-state index in [0.717, 1.165) is 11.1 Å². The molecule has 194 valence electrons. The molecule has 38 heavy (non-hydrogen) atoms. The zero-order valence-electron chi connectivity index (χ0n) is 21.2. The van der Waals surface area contributed by atoms with Gasteiger partial charge in [-0.15, -0.1) is 0 Å². The van der Waals surface area contributed by atoms with Crippen LogP contribution in [-0.2, 0) is 16.1 Å². The molecule has 0 saturated heterocycles. The summed E-state index contributed by atoms with van der Waals surface area (Å²) in [6.45, 7) is 2.39. The summed E-state index contributed by atoms with van der Waals surface area (Å²) < 4.78 is 24.2. The average Bonchev–Trinajstić information content (AvgIpc) is 3.30. The lowest BCUT2D eigenvalue weighted by atomic mass is 10.1. The average molecular weight is 513 g/mol. The number of carbonyl (C=O) groups is 2. The van der Waals surface area contributed by atoms with Gasteiger partial charge in [-0.2, -0.15) is 0 Å². The molecule has 2 heterocycles. The van der Waals surface area contributed by atoms with Crippen molar-refractivity contribution in [1.29, 1.82) is 0 Å². The normalized spacial score (nSPS) is 14.0. The molecule has 1 amide bonds. The highest BCUT2D eigenvalue weighted by atomic mass is 16.6. The number of rotatable bonds is 8. The lowest BCUT2D eigenvalue weighted by molar-refractivity contribution is -0.125. The minimum atomic E-state index is -0.902. The van der Waals surface area contributed by atoms with Gasteiger partial charge in [0.25, 0.3) is 5.91 Å². The predicted octanol–water partition coefficient (Wildman–Crippen LogP) is 5.17. The number of fused-ring (bicyclic) bond motifs is 1. The number of nitrogens with zero attached hydrogens (tertiary/aromatic N) is 1. The smallest absolute Gasteiger partial charge is 0.357 e. The van der Waals surface area contributed by atoms with E-state index >= 15 is 0 Å². The molecular weight excluding hydrogens is 484 g/mol. The lowest BCUT2D eigenvalue weighted by Crippen LogP contribution is -2.40. The van der Waals surface area contributed by atoms with E-state index in [1.54, 1.807) is 30.7 Å². The van der Waals surface area contributed by atoms with Crippen molar-refractivity contribution in [3.8, 4) is 28.4 Å². The highest BCUT2D eigenvalue weighted by Crippen LogP contribution is 2.36. The summed E-state index contributed by atoms with van der Waals surface area (Å²) in [5.74, 6) is 0.792. The largest absolute Gasteiger partial charge is 0.497 e. The van der Waals surface area contributed by atoms with Gasteiger partial charge in [0.2, 0.25) is 6.10 Å². The molecule has 1 N–H and O–H groups in total. The van der Waals surface area contributed by atoms with E-state index in [1.165, 1.54) is 0 Å². The standard InChI is InChI=1S/C30H28N2O6/c1-3-36-30(34)28-27(31-29(33)26-19-37-24-11-7-8-12-25(24)38-26)23(21-13-15-22(35-2)16-14-21)18-32(28)17-20-9-5-4-6-10-20/h4-16,18,26H,3,17,19H2,1-2H3,(H,31,33)/t26-/m1/s1. The summed E-state index contributed by atoms with van der Waals surface area (Å²) in [6.07, 6.45) is 0.950. The molecule has 8 nitrogen and oxygen atoms in total. The molecule has 5 rings (SSSR count). The fourth-order valence-corrected chi connectivity index (χ4v) is 4.35. The summed E-state index contributed by atoms with van der Waals surface area (Å²) in [5.41, 5.74) is 3.04. The Morgan fingerprint density at radius 1 is 0.974 bits per heavy atom. The fraction of sp³-hybridized carbons (Fsp3) is 0.200. The van der Waals surface area contributed by atoms with Crippen molar-refractivity contribution in [2.24, 2.45) is 0 Å². The molecule has 3 aromatic carbocycles. The number of carbonyl (C=O) groups excluding carboxylic acids is 2. The third-order valence-corrected chi connectivity index (χ3v) is 6.19. The Kier molecular flexibility index (Phi) is 7.31. The first-order valence-electron chi connectivity index (χ1n) is 12.3. The monoisotopic (exact) mass is 512 g/mol. The third-order valence-electron chi connectivity index (χ3n) is 6.19. The van der Waals surface area contributed by atoms with Crippen LogP contribution in [0.25, 0.3) is 11.1 Å². The van der Waals surface area contributed by atoms with Gasteiger partial charge in [0.15, 0.2) is 17.2 Å². The van der Waals surface area contributed by atoms with E-state index in [9.17, 15) is 9.59 Å². The van der Waals surface area contributed by atoms with Crippen LogP contribution in [0.1, 0.15) is 23.0 Å². The van der Waals surface area contributed by atoms with Crippen molar-refractivity contribution in [2.45, 2.75) is 19.6 Å². The number of nitrogens with one attached hydrogen (secondary N) is 1. The Labute approximate surface area is 220 Å². The number of benzene rings is 3. The molecule has 0 unspecified atom stereocenters. The van der Waals surface area contributed by atoms with Crippen molar-refractivity contribution >= 4 is 17.6 Å². The maximum atomic E-state index is 13.5. The van der Waals surface area contributed by atoms with Crippen LogP contribution < -0.4 is 19.5 Å². The number of methoxy groups -OCH3 is 1. The topological polar surface area (TPSA) is 88.0 Å². The number of amides is 1. The molecule has 0 saturated carbocycles. The fourth-order valence-electron chi connectivity index (χ4n) is 4.35. The number of para-hydroxylation sites is 2. The molecule has 0 fully saturated rings. The number of esters is 1. The van der Waals surface area contributed by atoms with E-state index in [0.29, 0.717) is 35.0 Å². The van der Waals surface area contributed by atoms with Crippen molar-refractivity contribution in [1.82, 2.24) is 4.57 Å². The number of hydrogen-bond donors (Lipinski definition) is 1. The first kappa shape index (κ1) is 25.0. The van der Waals surface area contributed by atoms with Crippen molar-refractivity contribution in [2.75, 3.05) is 25.6 Å². The number of anilines is 1. The molecule has 0 radical (unpaired) electrons. The molecule has 1 aromatic heterocycles. The first-order chi connectivity index (χ1) is 18.6. The highest BCUT2D eigenvalue weighted by Gasteiger charge is 2.31. The molecule has 4 aromatic rings. The van der Waals surface area contributed by atoms with Crippen molar-refractivity contribution < 1.29 is 28.5 Å². The van der Waals surface area contributed by atoms with Gasteiger partial charge in [0.05, 0.1) is 19.4 Å². The second kappa shape index (κ2) is 11.1. The van der Waals surface area contributed by atoms with Gasteiger partial charge >= 0.3 is 5.97 Å². The van der Waals surface area contributed by atoms with E-state index in [2.05, 4.69) is 5.32 Å². The molecule has 1 aliphatic heterocycles. The van der Waals surface area contributed by atoms with E-state index in [1.807, 2.05) is 72.9 Å². The highest BCUT2D eigenvalue weighted by molar-refractivity contribution is 6.06. The maximum absolute atomic E-state index is 13.5. The van der Waals surface area contributed by atoms with E-state index in [4.69, 9.17) is 18.9 Å². The number of aromatic nitrogens is 1. The van der Waals surface area contributed by atoms with Crippen LogP contribution in [0.2, 0.25) is 0 Å². The predicted molar refractivity (Wildman–Crippen MR) is 143 cm³/mol. The number of ether oxygens (including phenoxy) is 4. The second-order valence-electron chi connectivity index (χ2n) is 8.68. The van der Waals surface area contributed by atoms with Gasteiger partial charge < -0.3 is 28.8 Å². The van der Waals surface area contributed by atoms with Gasteiger partial charge in [-0.3, -0.25) is 4.79 Å². The van der Waals surface area contributed by atoms with E-state index < -0.39 is 18.0 Å². The van der Waals surface area contributed by atoms with Crippen LogP contribution >= 0.6 is 0 Å². The summed E-state index contributed by atoms with van der Waals surface area (Å²) in [5, 5.41) is 2.96. The summed E-state index contributed by atoms with van der Waals surface area (Å²) >= 11 is 0. The van der Waals surface area contributed by atoms with Crippen LogP contribution in [0, 0.1) is 0 Å². The van der Waals surface area contributed by atoms with Crippen molar-refractivity contribution in [3.63, 3.8) is 0 Å². The Balaban J connectivity index is 1.56. The van der Waals surface area contributed by atoms with Crippen LogP contribution in [0.4, 0.5) is 5.69 Å². The van der Waals surface area contributed by atoms with Crippen LogP contribution in [0.5, 0.6) is 17.2 Å². The van der Waals surface area contributed by atoms with Crippen LogP contribution in [-0.4, -0.2) is 42.9 Å². The van der Waals surface area contributed by atoms with Gasteiger partial charge in [-0.1, -0.05) is 54.6 Å². The van der Waals surface area contributed by atoms with Gasteiger partial charge in [-0.05, 0) is 42.3 Å². The zero-order valence-corrected chi connectivity index (χ0v) is 21.2. The lowest BCUT2D eigenvalue weighted by Gasteiger charge is -2.25. The molecule has 0 aliphatic carbocycles. The summed E-state index contributed by atoms with van der Waals surface area (Å²) in [7, 11) is 1.60. The van der Waals surface area contributed by atoms with Gasteiger partial charge in [0.1, 0.15) is 12.4 Å². The molecule has 1 atom stereocenters. The van der Waals surface area contributed by atoms with Crippen LogP contribution in [0.15, 0.2) is 85.1 Å². The zero-order chi connectivity index (χ0) is 26.5. The minimum absolute atomic E-state index is 0.0418. The molecule has 8 heteroatoms. The quantitative estimate of drug-likeness (QED) is 0.328. The summed E-state index contributed by atoms with van der Waals surface area (Å²) in [4.78, 5) is 26.7. The maximum Gasteiger partial charge on any atom is 0.357 e. The Morgan fingerprint density at radius 3 is 2.39 bits per heavy atom. The minimum Gasteiger partial charge on any atom is -0.497 e. The van der Waals surface area contributed by atoms with Gasteiger partial charge in [0, 0.05) is 18.3 Å². The Bertz CT molecular complexity index is 1430. The number of hydrogen-bond acceptors (Lipinski definition) is 6. The van der Waals surface area contributed by atoms with Crippen LogP contribution in [0.3, 0.4) is 0 Å². The van der Waals surface area contributed by atoms with E-state index in [-0.39, 0.29) is 18.9 Å². The van der Waals surface area contributed by atoms with Gasteiger partial charge in [-0.25, -0.2) is 4.79 Å². The first-order valence-corrected chi connectivity index (χ1v) is 12.3. The SMILES string of the molecule is CCOC(=O)c1c(NC(=O)[C@H]2COc3ccccc3O2)c(-c2ccc(OC)cc2)cn1Cc1ccccc1. The summed E-state index contributed by atoms with van der Waals surface area (Å²) in [6, 6.07) is 24.4. The Hall–Kier alpha value is -4.72. The second-order valence-corrected chi connectivity index (χ2v) is 8.68.